The third kappa shape index (κ3) is 17.4. The monoisotopic (exact) mass is 1010 g/mol. The number of hydrogen-bond acceptors (Lipinski definition) is 18. The number of benzene rings is 3. The normalized spacial score (nSPS) is 15.4. The van der Waals surface area contributed by atoms with E-state index >= 15 is 0 Å². The lowest BCUT2D eigenvalue weighted by atomic mass is 9.84. The van der Waals surface area contributed by atoms with Gasteiger partial charge in [0, 0.05) is 73.1 Å². The van der Waals surface area contributed by atoms with Crippen molar-refractivity contribution < 1.29 is 57.2 Å². The summed E-state index contributed by atoms with van der Waals surface area (Å²) in [4.78, 5) is 79.4. The smallest absolute Gasteiger partial charge is 0.354 e. The molecule has 0 heterocycles. The summed E-state index contributed by atoms with van der Waals surface area (Å²) in [5.41, 5.74) is 10.7. The van der Waals surface area contributed by atoms with Crippen LogP contribution in [0.2, 0.25) is 0 Å². The third-order valence-corrected chi connectivity index (χ3v) is 11.7. The molecule has 74 heavy (non-hydrogen) atoms. The predicted octanol–water partition coefficient (Wildman–Crippen LogP) is 6.79. The number of carbonyl (C=O) groups excluding carboxylic acids is 6. The molecule has 2 N–H and O–H groups in total. The molecule has 1 saturated carbocycles. The molecule has 3 aromatic rings. The van der Waals surface area contributed by atoms with Crippen molar-refractivity contribution >= 4 is 71.1 Å². The molecular weight excluding hydrogens is 949 g/mol. The van der Waals surface area contributed by atoms with Crippen LogP contribution in [0.15, 0.2) is 126 Å². The quantitative estimate of drug-likeness (QED) is 0.0319. The predicted molar refractivity (Wildman–Crippen MR) is 279 cm³/mol. The first-order valence-electron chi connectivity index (χ1n) is 23.4. The molecule has 2 atom stereocenters. The maximum atomic E-state index is 12.7. The van der Waals surface area contributed by atoms with Gasteiger partial charge in [0.1, 0.15) is 68.6 Å². The fourth-order valence-electron chi connectivity index (χ4n) is 7.49. The fourth-order valence-corrected chi connectivity index (χ4v) is 7.49. The Morgan fingerprint density at radius 1 is 0.473 bits per heavy atom. The molecule has 0 aromatic heterocycles. The minimum atomic E-state index is -0.852. The fraction of sp³-hybridized carbons (Fsp3) is 0.321. The molecule has 0 amide bonds. The number of carbonyl (C=O) groups is 6. The van der Waals surface area contributed by atoms with Crippen molar-refractivity contribution in [1.29, 1.82) is 10.5 Å². The zero-order chi connectivity index (χ0) is 54.5. The summed E-state index contributed by atoms with van der Waals surface area (Å²) in [7, 11) is 6.07. The van der Waals surface area contributed by atoms with Gasteiger partial charge in [-0.05, 0) is 111 Å². The molecule has 2 unspecified atom stereocenters. The highest BCUT2D eigenvalue weighted by Gasteiger charge is 2.35. The molecule has 0 saturated heterocycles. The molecule has 388 valence electrons. The van der Waals surface area contributed by atoms with Crippen molar-refractivity contribution in [3.63, 3.8) is 0 Å². The number of nitrogens with two attached hydrogens (primary N) is 1. The maximum Gasteiger partial charge on any atom is 0.354 e. The topological polar surface area (TPSA) is 241 Å². The standard InChI is InChI=1S/C56H62N6O12/c1-36(2)51(63)69-22-25-72-54(66)42(34-57)28-39-10-16-44(17-11-39)60(7)47-31-48(61(8)45-18-12-40(13-19-45)29-43(35-58)55(67)73-26-23-70-52(64)37(3)4)33-49(32-47)62(9)46-20-14-41(15-21-46)30-50(59)56(68)74-27-24-71-53(65)38(5)6/h10-21,28-30,47-49H,1,3,5,22-27,31-33,59H2,2,4,6-9H3/b42-28+,43-29+,50-30-. The zero-order valence-electron chi connectivity index (χ0n) is 42.6. The van der Waals surface area contributed by atoms with Crippen LogP contribution in [0.4, 0.5) is 17.1 Å². The average molecular weight is 1010 g/mol. The van der Waals surface area contributed by atoms with Gasteiger partial charge < -0.3 is 48.9 Å². The summed E-state index contributed by atoms with van der Waals surface area (Å²) >= 11 is 0. The SMILES string of the molecule is C=C(C)C(=O)OCCOC(=O)/C(N)=C/c1ccc(N(C)C2CC(N(C)c3ccc(/C=C(\C#N)C(=O)OCCOC(=O)C(=C)C)cc3)CC(N(C)c3ccc(/C=C(\C#N)C(=O)OCCOC(=O)C(=C)C)cc3)C2)cc1. The zero-order valence-corrected chi connectivity index (χ0v) is 42.6. The second-order valence-electron chi connectivity index (χ2n) is 17.4. The Bertz CT molecular complexity index is 2620. The Labute approximate surface area is 431 Å². The van der Waals surface area contributed by atoms with Crippen LogP contribution in [-0.4, -0.2) is 115 Å². The first-order valence-corrected chi connectivity index (χ1v) is 23.4. The van der Waals surface area contributed by atoms with E-state index in [4.69, 9.17) is 34.2 Å². The molecular formula is C56H62N6O12. The maximum absolute atomic E-state index is 12.7. The summed E-state index contributed by atoms with van der Waals surface area (Å²) in [6.07, 6.45) is 6.65. The van der Waals surface area contributed by atoms with Gasteiger partial charge in [-0.3, -0.25) is 0 Å². The Balaban J connectivity index is 1.54. The van der Waals surface area contributed by atoms with Crippen LogP contribution >= 0.6 is 0 Å². The van der Waals surface area contributed by atoms with Gasteiger partial charge in [-0.1, -0.05) is 56.1 Å². The van der Waals surface area contributed by atoms with E-state index in [2.05, 4.69) is 34.4 Å². The van der Waals surface area contributed by atoms with Crippen molar-refractivity contribution in [2.75, 3.05) is 75.5 Å². The largest absolute Gasteiger partial charge is 0.459 e. The number of ether oxygens (including phenoxy) is 6. The van der Waals surface area contributed by atoms with E-state index in [0.29, 0.717) is 16.7 Å². The van der Waals surface area contributed by atoms with Gasteiger partial charge in [0.25, 0.3) is 0 Å². The van der Waals surface area contributed by atoms with Crippen molar-refractivity contribution in [1.82, 2.24) is 0 Å². The summed E-state index contributed by atoms with van der Waals surface area (Å²) in [5.74, 6) is -4.27. The van der Waals surface area contributed by atoms with E-state index in [-0.39, 0.29) is 91.3 Å². The number of rotatable bonds is 24. The van der Waals surface area contributed by atoms with E-state index < -0.39 is 35.8 Å². The second-order valence-corrected chi connectivity index (χ2v) is 17.4. The number of nitrogens with zero attached hydrogens (tertiary/aromatic N) is 5. The van der Waals surface area contributed by atoms with E-state index in [1.807, 2.05) is 81.8 Å². The van der Waals surface area contributed by atoms with Gasteiger partial charge in [0.2, 0.25) is 0 Å². The van der Waals surface area contributed by atoms with Gasteiger partial charge >= 0.3 is 35.8 Å². The Hall–Kier alpha value is -8.90. The highest BCUT2D eigenvalue weighted by Crippen LogP contribution is 2.35. The van der Waals surface area contributed by atoms with Crippen LogP contribution in [-0.2, 0) is 57.2 Å². The Morgan fingerprint density at radius 2 is 0.716 bits per heavy atom. The molecule has 1 aliphatic rings. The van der Waals surface area contributed by atoms with Gasteiger partial charge in [-0.25, -0.2) is 28.8 Å². The number of nitriles is 2. The van der Waals surface area contributed by atoms with E-state index in [1.165, 1.54) is 39.0 Å². The lowest BCUT2D eigenvalue weighted by Gasteiger charge is -2.47. The highest BCUT2D eigenvalue weighted by atomic mass is 16.6. The molecule has 1 fully saturated rings. The number of esters is 6. The van der Waals surface area contributed by atoms with Gasteiger partial charge in [-0.2, -0.15) is 10.5 Å². The number of anilines is 3. The van der Waals surface area contributed by atoms with Gasteiger partial charge in [0.15, 0.2) is 0 Å². The van der Waals surface area contributed by atoms with Gasteiger partial charge in [0.05, 0.1) is 0 Å². The molecule has 1 aliphatic carbocycles. The minimum absolute atomic E-state index is 0.0155. The summed E-state index contributed by atoms with van der Waals surface area (Å²) in [5, 5.41) is 19.5. The molecule has 4 rings (SSSR count). The lowest BCUT2D eigenvalue weighted by Crippen LogP contribution is -2.52. The molecule has 0 aliphatic heterocycles. The molecule has 0 radical (unpaired) electrons. The van der Waals surface area contributed by atoms with Crippen molar-refractivity contribution in [2.24, 2.45) is 5.73 Å². The van der Waals surface area contributed by atoms with Crippen LogP contribution in [0.1, 0.15) is 56.7 Å². The summed E-state index contributed by atoms with van der Waals surface area (Å²) < 4.78 is 30.3. The summed E-state index contributed by atoms with van der Waals surface area (Å²) in [6, 6.07) is 26.3. The Kier molecular flexibility index (Phi) is 22.0. The van der Waals surface area contributed by atoms with Crippen molar-refractivity contribution in [2.45, 2.75) is 58.2 Å². The van der Waals surface area contributed by atoms with E-state index in [9.17, 15) is 39.3 Å². The van der Waals surface area contributed by atoms with E-state index in [0.717, 1.165) is 36.3 Å². The molecule has 0 spiro atoms. The number of hydrogen-bond donors (Lipinski definition) is 1. The van der Waals surface area contributed by atoms with Crippen molar-refractivity contribution in [3.05, 3.63) is 143 Å². The first kappa shape index (κ1) is 57.7. The van der Waals surface area contributed by atoms with Crippen LogP contribution in [0.25, 0.3) is 18.2 Å². The third-order valence-electron chi connectivity index (χ3n) is 11.7. The Morgan fingerprint density at radius 3 is 0.973 bits per heavy atom. The van der Waals surface area contributed by atoms with Crippen LogP contribution in [0.3, 0.4) is 0 Å². The van der Waals surface area contributed by atoms with Crippen LogP contribution in [0.5, 0.6) is 0 Å². The van der Waals surface area contributed by atoms with Crippen molar-refractivity contribution in [3.8, 4) is 12.1 Å². The second kappa shape index (κ2) is 28.2. The highest BCUT2D eigenvalue weighted by molar-refractivity contribution is 5.99. The summed E-state index contributed by atoms with van der Waals surface area (Å²) in [6.45, 7) is 13.9. The lowest BCUT2D eigenvalue weighted by molar-refractivity contribution is -0.147. The van der Waals surface area contributed by atoms with Gasteiger partial charge in [-0.15, -0.1) is 0 Å². The van der Waals surface area contributed by atoms with Crippen LogP contribution < -0.4 is 20.4 Å². The van der Waals surface area contributed by atoms with E-state index in [1.54, 1.807) is 24.3 Å². The molecule has 0 bridgehead atoms. The molecule has 18 heteroatoms. The molecule has 3 aromatic carbocycles. The average Bonchev–Trinajstić information content (AvgIpc) is 3.39. The van der Waals surface area contributed by atoms with Crippen LogP contribution in [0, 0.1) is 22.7 Å². The first-order chi connectivity index (χ1) is 35.2. The molecule has 18 nitrogen and oxygen atoms in total. The minimum Gasteiger partial charge on any atom is -0.459 e.